The summed E-state index contributed by atoms with van der Waals surface area (Å²) in [5, 5.41) is 3.72. The SMILES string of the molecule is Cc1cc(C)c(C2NCCN2c2c(C)cc(C)cc2C)c(C)c1. The van der Waals surface area contributed by atoms with Gasteiger partial charge in [0.25, 0.3) is 0 Å². The minimum atomic E-state index is 0.274. The number of hydrogen-bond donors (Lipinski definition) is 1. The molecule has 0 amide bonds. The van der Waals surface area contributed by atoms with E-state index in [1.54, 1.807) is 0 Å². The molecule has 1 fully saturated rings. The third kappa shape index (κ3) is 2.88. The molecule has 23 heavy (non-hydrogen) atoms. The highest BCUT2D eigenvalue weighted by Gasteiger charge is 2.29. The second kappa shape index (κ2) is 6.01. The quantitative estimate of drug-likeness (QED) is 0.869. The van der Waals surface area contributed by atoms with E-state index in [0.717, 1.165) is 13.1 Å². The maximum atomic E-state index is 3.72. The van der Waals surface area contributed by atoms with Gasteiger partial charge < -0.3 is 4.90 Å². The van der Waals surface area contributed by atoms with Crippen LogP contribution in [0.3, 0.4) is 0 Å². The normalized spacial score (nSPS) is 17.8. The molecule has 0 radical (unpaired) electrons. The molecule has 0 saturated carbocycles. The highest BCUT2D eigenvalue weighted by Crippen LogP contribution is 2.36. The first-order valence-electron chi connectivity index (χ1n) is 8.54. The molecule has 1 unspecified atom stereocenters. The van der Waals surface area contributed by atoms with Crippen molar-refractivity contribution >= 4 is 5.69 Å². The average molecular weight is 308 g/mol. The van der Waals surface area contributed by atoms with Gasteiger partial charge in [0.2, 0.25) is 0 Å². The molecule has 3 rings (SSSR count). The van der Waals surface area contributed by atoms with Gasteiger partial charge in [-0.3, -0.25) is 5.32 Å². The van der Waals surface area contributed by atoms with E-state index >= 15 is 0 Å². The van der Waals surface area contributed by atoms with E-state index in [0.29, 0.717) is 0 Å². The van der Waals surface area contributed by atoms with Crippen molar-refractivity contribution in [2.45, 2.75) is 47.7 Å². The minimum Gasteiger partial charge on any atom is -0.350 e. The average Bonchev–Trinajstić information content (AvgIpc) is 2.85. The summed E-state index contributed by atoms with van der Waals surface area (Å²) >= 11 is 0. The van der Waals surface area contributed by atoms with E-state index in [1.165, 1.54) is 44.6 Å². The summed E-state index contributed by atoms with van der Waals surface area (Å²) in [7, 11) is 0. The highest BCUT2D eigenvalue weighted by atomic mass is 15.3. The molecule has 1 saturated heterocycles. The third-order valence-corrected chi connectivity index (χ3v) is 4.94. The molecule has 0 aliphatic carbocycles. The molecule has 122 valence electrons. The fraction of sp³-hybridized carbons (Fsp3) is 0.429. The van der Waals surface area contributed by atoms with Crippen LogP contribution in [0.4, 0.5) is 5.69 Å². The zero-order valence-electron chi connectivity index (χ0n) is 15.2. The van der Waals surface area contributed by atoms with Gasteiger partial charge >= 0.3 is 0 Å². The maximum Gasteiger partial charge on any atom is 0.106 e. The predicted octanol–water partition coefficient (Wildman–Crippen LogP) is 4.65. The minimum absolute atomic E-state index is 0.274. The molecule has 1 aliphatic heterocycles. The van der Waals surface area contributed by atoms with Crippen LogP contribution < -0.4 is 10.2 Å². The molecule has 1 heterocycles. The standard InChI is InChI=1S/C21H28N2/c1-13-9-15(3)19(16(4)10-13)21-22-7-8-23(21)20-17(5)11-14(2)12-18(20)6/h9-12,21-22H,7-8H2,1-6H3. The number of nitrogens with zero attached hydrogens (tertiary/aromatic N) is 1. The van der Waals surface area contributed by atoms with Crippen molar-refractivity contribution in [1.82, 2.24) is 5.32 Å². The molecular formula is C21H28N2. The lowest BCUT2D eigenvalue weighted by Crippen LogP contribution is -2.30. The second-order valence-corrected chi connectivity index (χ2v) is 7.11. The summed E-state index contributed by atoms with van der Waals surface area (Å²) in [6.45, 7) is 15.4. The maximum absolute atomic E-state index is 3.72. The zero-order valence-corrected chi connectivity index (χ0v) is 15.2. The summed E-state index contributed by atoms with van der Waals surface area (Å²) in [6, 6.07) is 9.20. The first-order valence-corrected chi connectivity index (χ1v) is 8.54. The van der Waals surface area contributed by atoms with Crippen LogP contribution in [0, 0.1) is 41.5 Å². The van der Waals surface area contributed by atoms with Gasteiger partial charge in [0.1, 0.15) is 6.17 Å². The van der Waals surface area contributed by atoms with Crippen molar-refractivity contribution in [3.63, 3.8) is 0 Å². The molecule has 0 spiro atoms. The number of hydrogen-bond acceptors (Lipinski definition) is 2. The van der Waals surface area contributed by atoms with Crippen molar-refractivity contribution in [2.75, 3.05) is 18.0 Å². The number of benzene rings is 2. The van der Waals surface area contributed by atoms with Gasteiger partial charge in [0, 0.05) is 18.8 Å². The Balaban J connectivity index is 2.09. The molecule has 2 aromatic carbocycles. The van der Waals surface area contributed by atoms with E-state index in [4.69, 9.17) is 0 Å². The molecule has 0 bridgehead atoms. The van der Waals surface area contributed by atoms with Gasteiger partial charge in [-0.25, -0.2) is 0 Å². The largest absolute Gasteiger partial charge is 0.350 e. The van der Waals surface area contributed by atoms with E-state index in [-0.39, 0.29) is 6.17 Å². The highest BCUT2D eigenvalue weighted by molar-refractivity contribution is 5.62. The fourth-order valence-electron chi connectivity index (χ4n) is 4.31. The molecular weight excluding hydrogens is 280 g/mol. The van der Waals surface area contributed by atoms with Gasteiger partial charge in [-0.05, 0) is 69.4 Å². The Hall–Kier alpha value is -1.80. The van der Waals surface area contributed by atoms with Crippen molar-refractivity contribution < 1.29 is 0 Å². The Kier molecular flexibility index (Phi) is 4.20. The van der Waals surface area contributed by atoms with Crippen LogP contribution in [0.2, 0.25) is 0 Å². The lowest BCUT2D eigenvalue weighted by Gasteiger charge is -2.32. The molecule has 2 heteroatoms. The molecule has 1 N–H and O–H groups in total. The summed E-state index contributed by atoms with van der Waals surface area (Å²) in [5.41, 5.74) is 11.0. The first kappa shape index (κ1) is 16.1. The van der Waals surface area contributed by atoms with E-state index in [1.807, 2.05) is 0 Å². The summed E-state index contributed by atoms with van der Waals surface area (Å²) in [4.78, 5) is 2.55. The summed E-state index contributed by atoms with van der Waals surface area (Å²) in [6.07, 6.45) is 0.274. The van der Waals surface area contributed by atoms with Crippen LogP contribution in [0.5, 0.6) is 0 Å². The van der Waals surface area contributed by atoms with E-state index in [9.17, 15) is 0 Å². The topological polar surface area (TPSA) is 15.3 Å². The van der Waals surface area contributed by atoms with E-state index in [2.05, 4.69) is 76.0 Å². The van der Waals surface area contributed by atoms with Crippen LogP contribution in [0.15, 0.2) is 24.3 Å². The molecule has 2 nitrogen and oxygen atoms in total. The Morgan fingerprint density at radius 3 is 1.78 bits per heavy atom. The lowest BCUT2D eigenvalue weighted by molar-refractivity contribution is 0.634. The van der Waals surface area contributed by atoms with Gasteiger partial charge in [-0.2, -0.15) is 0 Å². The van der Waals surface area contributed by atoms with E-state index < -0.39 is 0 Å². The fourth-order valence-corrected chi connectivity index (χ4v) is 4.31. The van der Waals surface area contributed by atoms with Crippen LogP contribution in [0.1, 0.15) is 45.1 Å². The summed E-state index contributed by atoms with van der Waals surface area (Å²) < 4.78 is 0. The van der Waals surface area contributed by atoms with Crippen LogP contribution in [0.25, 0.3) is 0 Å². The smallest absolute Gasteiger partial charge is 0.106 e. The number of aryl methyl sites for hydroxylation is 6. The third-order valence-electron chi connectivity index (χ3n) is 4.94. The Morgan fingerprint density at radius 2 is 1.26 bits per heavy atom. The summed E-state index contributed by atoms with van der Waals surface area (Å²) in [5.74, 6) is 0. The van der Waals surface area contributed by atoms with Gasteiger partial charge in [-0.1, -0.05) is 35.4 Å². The molecule has 2 aromatic rings. The molecule has 0 aromatic heterocycles. The van der Waals surface area contributed by atoms with Gasteiger partial charge in [-0.15, -0.1) is 0 Å². The van der Waals surface area contributed by atoms with Crippen LogP contribution in [-0.4, -0.2) is 13.1 Å². The number of anilines is 1. The first-order chi connectivity index (χ1) is 10.9. The number of nitrogens with one attached hydrogen (secondary N) is 1. The van der Waals surface area contributed by atoms with Crippen molar-refractivity contribution in [2.24, 2.45) is 0 Å². The second-order valence-electron chi connectivity index (χ2n) is 7.11. The Labute approximate surface area is 140 Å². The number of rotatable bonds is 2. The van der Waals surface area contributed by atoms with Crippen molar-refractivity contribution in [3.8, 4) is 0 Å². The van der Waals surface area contributed by atoms with Gasteiger partial charge in [0.15, 0.2) is 0 Å². The molecule has 1 aliphatic rings. The lowest BCUT2D eigenvalue weighted by atomic mass is 9.96. The van der Waals surface area contributed by atoms with Crippen molar-refractivity contribution in [3.05, 3.63) is 63.2 Å². The van der Waals surface area contributed by atoms with Crippen LogP contribution >= 0.6 is 0 Å². The Morgan fingerprint density at radius 1 is 0.783 bits per heavy atom. The van der Waals surface area contributed by atoms with Gasteiger partial charge in [0.05, 0.1) is 0 Å². The monoisotopic (exact) mass is 308 g/mol. The zero-order chi connectivity index (χ0) is 16.7. The molecule has 1 atom stereocenters. The van der Waals surface area contributed by atoms with Crippen LogP contribution in [-0.2, 0) is 0 Å². The van der Waals surface area contributed by atoms with Crippen molar-refractivity contribution in [1.29, 1.82) is 0 Å². The Bertz CT molecular complexity index is 636. The predicted molar refractivity (Wildman–Crippen MR) is 99.4 cm³/mol.